The maximum absolute atomic E-state index is 12.4. The molecule has 7 nitrogen and oxygen atoms in total. The molecule has 3 aromatic rings. The predicted octanol–water partition coefficient (Wildman–Crippen LogP) is 3.91. The molecular formula is C22H23N3O4. The van der Waals surface area contributed by atoms with Crippen molar-refractivity contribution in [3.8, 4) is 22.9 Å². The number of nitrogens with one attached hydrogen (secondary N) is 1. The van der Waals surface area contributed by atoms with Crippen molar-refractivity contribution in [2.24, 2.45) is 5.92 Å². The number of carbonyl (C=O) groups is 1. The highest BCUT2D eigenvalue weighted by molar-refractivity contribution is 5.76. The van der Waals surface area contributed by atoms with Crippen molar-refractivity contribution in [1.29, 1.82) is 0 Å². The second-order valence-corrected chi connectivity index (χ2v) is 7.43. The zero-order chi connectivity index (χ0) is 20.2. The van der Waals surface area contributed by atoms with Crippen molar-refractivity contribution >= 4 is 5.91 Å². The maximum atomic E-state index is 12.4. The van der Waals surface area contributed by atoms with E-state index < -0.39 is 6.04 Å². The van der Waals surface area contributed by atoms with Gasteiger partial charge < -0.3 is 19.3 Å². The zero-order valence-electron chi connectivity index (χ0n) is 16.4. The topological polar surface area (TPSA) is 86.5 Å². The van der Waals surface area contributed by atoms with Gasteiger partial charge in [-0.05, 0) is 29.7 Å². The summed E-state index contributed by atoms with van der Waals surface area (Å²) >= 11 is 0. The SMILES string of the molecule is CC(C)CC(=O)NC(Cc1ccccc1)c1nc(-c2ccc3c(c2)OCO3)no1. The highest BCUT2D eigenvalue weighted by Crippen LogP contribution is 2.35. The molecule has 7 heteroatoms. The third kappa shape index (κ3) is 4.56. The van der Waals surface area contributed by atoms with E-state index in [9.17, 15) is 4.79 Å². The van der Waals surface area contributed by atoms with Crippen molar-refractivity contribution < 1.29 is 18.8 Å². The van der Waals surface area contributed by atoms with E-state index in [1.807, 2.05) is 62.4 Å². The predicted molar refractivity (Wildman–Crippen MR) is 106 cm³/mol. The molecule has 1 atom stereocenters. The Morgan fingerprint density at radius 3 is 2.69 bits per heavy atom. The summed E-state index contributed by atoms with van der Waals surface area (Å²) in [5.74, 6) is 2.39. The smallest absolute Gasteiger partial charge is 0.249 e. The molecule has 0 aliphatic carbocycles. The highest BCUT2D eigenvalue weighted by Gasteiger charge is 2.23. The summed E-state index contributed by atoms with van der Waals surface area (Å²) in [7, 11) is 0. The van der Waals surface area contributed by atoms with Gasteiger partial charge >= 0.3 is 0 Å². The van der Waals surface area contributed by atoms with E-state index in [-0.39, 0.29) is 18.6 Å². The summed E-state index contributed by atoms with van der Waals surface area (Å²) in [4.78, 5) is 16.9. The van der Waals surface area contributed by atoms with Crippen molar-refractivity contribution in [2.45, 2.75) is 32.7 Å². The molecule has 2 aromatic carbocycles. The van der Waals surface area contributed by atoms with Gasteiger partial charge in [-0.25, -0.2) is 0 Å². The normalized spacial score (nSPS) is 13.5. The van der Waals surface area contributed by atoms with E-state index in [4.69, 9.17) is 14.0 Å². The van der Waals surface area contributed by atoms with Crippen molar-refractivity contribution in [3.05, 3.63) is 60.0 Å². The fourth-order valence-corrected chi connectivity index (χ4v) is 3.20. The molecule has 4 rings (SSSR count). The Morgan fingerprint density at radius 1 is 1.10 bits per heavy atom. The minimum absolute atomic E-state index is 0.0382. The van der Waals surface area contributed by atoms with Gasteiger partial charge in [-0.3, -0.25) is 4.79 Å². The molecule has 1 unspecified atom stereocenters. The van der Waals surface area contributed by atoms with Gasteiger partial charge in [0.05, 0.1) is 0 Å². The number of hydrogen-bond acceptors (Lipinski definition) is 6. The van der Waals surface area contributed by atoms with Gasteiger partial charge in [0, 0.05) is 18.4 Å². The summed E-state index contributed by atoms with van der Waals surface area (Å²) < 4.78 is 16.3. The molecular weight excluding hydrogens is 370 g/mol. The molecule has 1 aliphatic heterocycles. The first-order valence-electron chi connectivity index (χ1n) is 9.65. The second-order valence-electron chi connectivity index (χ2n) is 7.43. The molecule has 150 valence electrons. The number of ether oxygens (including phenoxy) is 2. The Labute approximate surface area is 169 Å². The van der Waals surface area contributed by atoms with Crippen LogP contribution >= 0.6 is 0 Å². The summed E-state index contributed by atoms with van der Waals surface area (Å²) in [6, 6.07) is 15.0. The Bertz CT molecular complexity index is 985. The van der Waals surface area contributed by atoms with Crippen LogP contribution in [0.4, 0.5) is 0 Å². The van der Waals surface area contributed by atoms with Gasteiger partial charge in [-0.15, -0.1) is 0 Å². The van der Waals surface area contributed by atoms with Gasteiger partial charge in [0.25, 0.3) is 0 Å². The largest absolute Gasteiger partial charge is 0.454 e. The first-order valence-corrected chi connectivity index (χ1v) is 9.65. The van der Waals surface area contributed by atoms with Crippen LogP contribution in [0, 0.1) is 5.92 Å². The van der Waals surface area contributed by atoms with Crippen molar-refractivity contribution in [2.75, 3.05) is 6.79 Å². The molecule has 2 heterocycles. The minimum atomic E-state index is -0.404. The first-order chi connectivity index (χ1) is 14.1. The average molecular weight is 393 g/mol. The van der Waals surface area contributed by atoms with Crippen LogP contribution in [0.5, 0.6) is 11.5 Å². The number of fused-ring (bicyclic) bond motifs is 1. The molecule has 0 saturated heterocycles. The maximum Gasteiger partial charge on any atom is 0.249 e. The van der Waals surface area contributed by atoms with Gasteiger partial charge in [-0.2, -0.15) is 4.98 Å². The second kappa shape index (κ2) is 8.34. The number of rotatable bonds is 7. The summed E-state index contributed by atoms with van der Waals surface area (Å²) in [6.07, 6.45) is 1.00. The fourth-order valence-electron chi connectivity index (χ4n) is 3.20. The highest BCUT2D eigenvalue weighted by atomic mass is 16.7. The number of nitrogens with zero attached hydrogens (tertiary/aromatic N) is 2. The lowest BCUT2D eigenvalue weighted by molar-refractivity contribution is -0.122. The van der Waals surface area contributed by atoms with Gasteiger partial charge in [0.15, 0.2) is 11.5 Å². The molecule has 1 aliphatic rings. The Kier molecular flexibility index (Phi) is 5.46. The van der Waals surface area contributed by atoms with Gasteiger partial charge in [0.1, 0.15) is 6.04 Å². The Balaban J connectivity index is 1.58. The van der Waals surface area contributed by atoms with Crippen molar-refractivity contribution in [3.63, 3.8) is 0 Å². The zero-order valence-corrected chi connectivity index (χ0v) is 16.4. The molecule has 0 spiro atoms. The number of carbonyl (C=O) groups excluding carboxylic acids is 1. The van der Waals surface area contributed by atoms with Gasteiger partial charge in [-0.1, -0.05) is 49.3 Å². The Morgan fingerprint density at radius 2 is 1.90 bits per heavy atom. The van der Waals surface area contributed by atoms with Crippen LogP contribution in [0.3, 0.4) is 0 Å². The lowest BCUT2D eigenvalue weighted by Gasteiger charge is -2.16. The Hall–Kier alpha value is -3.35. The standard InChI is InChI=1S/C22H23N3O4/c1-14(2)10-20(26)23-17(11-15-6-4-3-5-7-15)22-24-21(25-29-22)16-8-9-18-19(12-16)28-13-27-18/h3-9,12,14,17H,10-11,13H2,1-2H3,(H,23,26). The van der Waals surface area contributed by atoms with E-state index in [1.165, 1.54) is 0 Å². The summed E-state index contributed by atoms with van der Waals surface area (Å²) in [6.45, 7) is 4.23. The quantitative estimate of drug-likeness (QED) is 0.655. The van der Waals surface area contributed by atoms with Crippen LogP contribution in [0.25, 0.3) is 11.4 Å². The molecule has 0 bridgehead atoms. The van der Waals surface area contributed by atoms with Crippen LogP contribution in [-0.4, -0.2) is 22.8 Å². The lowest BCUT2D eigenvalue weighted by Crippen LogP contribution is -2.31. The molecule has 0 radical (unpaired) electrons. The summed E-state index contributed by atoms with van der Waals surface area (Å²) in [5.41, 5.74) is 1.83. The number of aromatic nitrogens is 2. The number of amides is 1. The minimum Gasteiger partial charge on any atom is -0.454 e. The molecule has 1 amide bonds. The monoisotopic (exact) mass is 393 g/mol. The van der Waals surface area contributed by atoms with Crippen LogP contribution in [0.1, 0.15) is 37.8 Å². The average Bonchev–Trinajstić information content (AvgIpc) is 3.36. The molecule has 0 fully saturated rings. The van der Waals surface area contributed by atoms with E-state index in [0.29, 0.717) is 36.1 Å². The van der Waals surface area contributed by atoms with Gasteiger partial charge in [0.2, 0.25) is 24.4 Å². The van der Waals surface area contributed by atoms with E-state index in [2.05, 4.69) is 15.5 Å². The number of hydrogen-bond donors (Lipinski definition) is 1. The third-order valence-electron chi connectivity index (χ3n) is 4.58. The molecule has 1 N–H and O–H groups in total. The molecule has 1 aromatic heterocycles. The summed E-state index contributed by atoms with van der Waals surface area (Å²) in [5, 5.41) is 7.15. The first kappa shape index (κ1) is 19.0. The molecule has 0 saturated carbocycles. The van der Waals surface area contributed by atoms with Crippen LogP contribution in [0.15, 0.2) is 53.1 Å². The van der Waals surface area contributed by atoms with Crippen molar-refractivity contribution in [1.82, 2.24) is 15.5 Å². The third-order valence-corrected chi connectivity index (χ3v) is 4.58. The molecule has 29 heavy (non-hydrogen) atoms. The van der Waals surface area contributed by atoms with E-state index in [1.54, 1.807) is 0 Å². The van der Waals surface area contributed by atoms with Crippen LogP contribution in [-0.2, 0) is 11.2 Å². The fraction of sp³-hybridized carbons (Fsp3) is 0.318. The number of benzene rings is 2. The van der Waals surface area contributed by atoms with Crippen LogP contribution in [0.2, 0.25) is 0 Å². The van der Waals surface area contributed by atoms with E-state index in [0.717, 1.165) is 11.1 Å². The van der Waals surface area contributed by atoms with Crippen LogP contribution < -0.4 is 14.8 Å². The van der Waals surface area contributed by atoms with E-state index >= 15 is 0 Å². The lowest BCUT2D eigenvalue weighted by atomic mass is 10.0.